The number of likely N-dealkylation sites (tertiary alicyclic amines) is 1. The molecular weight excluding hydrogens is 466 g/mol. The number of ether oxygens (including phenoxy) is 1. The maximum absolute atomic E-state index is 13.1. The Bertz CT molecular complexity index is 1290. The summed E-state index contributed by atoms with van der Waals surface area (Å²) in [4.78, 5) is 34.5. The van der Waals surface area contributed by atoms with E-state index in [1.54, 1.807) is 4.90 Å². The molecule has 0 spiro atoms. The van der Waals surface area contributed by atoms with E-state index in [4.69, 9.17) is 9.72 Å². The molecule has 1 atom stereocenters. The number of rotatable bonds is 4. The Morgan fingerprint density at radius 1 is 1.00 bits per heavy atom. The number of hydrogen-bond acceptors (Lipinski definition) is 5. The van der Waals surface area contributed by atoms with Crippen molar-refractivity contribution in [3.63, 3.8) is 0 Å². The van der Waals surface area contributed by atoms with Gasteiger partial charge in [-0.3, -0.25) is 9.69 Å². The SMILES string of the molecule is Cn1c(-c2cccc(N3CCC(NC(=O)[C@@H]4CCCN4C(=O)OC(C)(C)C)CC3)c2)nc2ccccc21. The molecule has 0 bridgehead atoms. The van der Waals surface area contributed by atoms with Gasteiger partial charge in [0.05, 0.1) is 11.0 Å². The number of nitrogens with zero attached hydrogens (tertiary/aromatic N) is 4. The third kappa shape index (κ3) is 5.43. The number of hydrogen-bond donors (Lipinski definition) is 1. The van der Waals surface area contributed by atoms with Crippen LogP contribution in [0.2, 0.25) is 0 Å². The van der Waals surface area contributed by atoms with E-state index >= 15 is 0 Å². The molecule has 37 heavy (non-hydrogen) atoms. The molecule has 2 aromatic carbocycles. The van der Waals surface area contributed by atoms with Gasteiger partial charge in [0.1, 0.15) is 17.5 Å². The lowest BCUT2D eigenvalue weighted by atomic mass is 10.0. The van der Waals surface area contributed by atoms with Crippen molar-refractivity contribution < 1.29 is 14.3 Å². The van der Waals surface area contributed by atoms with Gasteiger partial charge in [-0.05, 0) is 70.7 Å². The molecule has 196 valence electrons. The third-order valence-corrected chi connectivity index (χ3v) is 7.28. The van der Waals surface area contributed by atoms with Crippen LogP contribution in [-0.4, -0.2) is 63.8 Å². The summed E-state index contributed by atoms with van der Waals surface area (Å²) >= 11 is 0. The lowest BCUT2D eigenvalue weighted by molar-refractivity contribution is -0.126. The van der Waals surface area contributed by atoms with Gasteiger partial charge in [-0.2, -0.15) is 0 Å². The Hall–Kier alpha value is -3.55. The number of fused-ring (bicyclic) bond motifs is 1. The first-order valence-electron chi connectivity index (χ1n) is 13.3. The minimum atomic E-state index is -0.575. The first-order chi connectivity index (χ1) is 17.7. The quantitative estimate of drug-likeness (QED) is 0.557. The molecule has 2 fully saturated rings. The zero-order chi connectivity index (χ0) is 26.2. The van der Waals surface area contributed by atoms with Crippen LogP contribution in [0.4, 0.5) is 10.5 Å². The molecule has 3 heterocycles. The Morgan fingerprint density at radius 2 is 1.76 bits per heavy atom. The van der Waals surface area contributed by atoms with E-state index in [0.717, 1.165) is 54.8 Å². The van der Waals surface area contributed by atoms with E-state index < -0.39 is 17.7 Å². The summed E-state index contributed by atoms with van der Waals surface area (Å²) in [5.41, 5.74) is 3.80. The number of anilines is 1. The number of carbonyl (C=O) groups excluding carboxylic acids is 2. The Balaban J connectivity index is 1.20. The molecular formula is C29H37N5O3. The van der Waals surface area contributed by atoms with Crippen LogP contribution in [0.3, 0.4) is 0 Å². The van der Waals surface area contributed by atoms with Crippen molar-refractivity contribution in [1.29, 1.82) is 0 Å². The van der Waals surface area contributed by atoms with Crippen molar-refractivity contribution in [2.24, 2.45) is 7.05 Å². The third-order valence-electron chi connectivity index (χ3n) is 7.28. The first-order valence-corrected chi connectivity index (χ1v) is 13.3. The van der Waals surface area contributed by atoms with Crippen molar-refractivity contribution in [1.82, 2.24) is 19.8 Å². The summed E-state index contributed by atoms with van der Waals surface area (Å²) in [5, 5.41) is 3.21. The number of amides is 2. The average Bonchev–Trinajstić information content (AvgIpc) is 3.49. The van der Waals surface area contributed by atoms with Crippen LogP contribution in [0.25, 0.3) is 22.4 Å². The second-order valence-corrected chi connectivity index (χ2v) is 11.1. The van der Waals surface area contributed by atoms with Gasteiger partial charge in [0, 0.05) is 44.0 Å². The van der Waals surface area contributed by atoms with E-state index in [1.165, 1.54) is 5.69 Å². The van der Waals surface area contributed by atoms with Gasteiger partial charge in [0.2, 0.25) is 5.91 Å². The smallest absolute Gasteiger partial charge is 0.410 e. The number of aryl methyl sites for hydroxylation is 1. The number of benzene rings is 2. The molecule has 0 aliphatic carbocycles. The van der Waals surface area contributed by atoms with Crippen molar-refractivity contribution in [2.45, 2.75) is 64.1 Å². The van der Waals surface area contributed by atoms with Gasteiger partial charge < -0.3 is 19.5 Å². The van der Waals surface area contributed by atoms with Crippen LogP contribution in [-0.2, 0) is 16.6 Å². The molecule has 2 aliphatic heterocycles. The predicted octanol–water partition coefficient (Wildman–Crippen LogP) is 4.72. The molecule has 0 unspecified atom stereocenters. The standard InChI is InChI=1S/C29H37N5O3/c1-29(2,3)37-28(36)34-16-8-13-25(34)27(35)30-21-14-17-33(18-15-21)22-10-7-9-20(19-22)26-31-23-11-5-6-12-24(23)32(26)4/h5-7,9-12,19,21,25H,8,13-18H2,1-4H3,(H,30,35)/t25-/m0/s1. The molecule has 5 rings (SSSR count). The topological polar surface area (TPSA) is 79.7 Å². The normalized spacial score (nSPS) is 18.9. The molecule has 2 aliphatic rings. The minimum Gasteiger partial charge on any atom is -0.444 e. The van der Waals surface area contributed by atoms with E-state index in [0.29, 0.717) is 13.0 Å². The fourth-order valence-corrected chi connectivity index (χ4v) is 5.40. The second kappa shape index (κ2) is 10.1. The lowest BCUT2D eigenvalue weighted by Crippen LogP contribution is -2.52. The highest BCUT2D eigenvalue weighted by Crippen LogP contribution is 2.29. The number of nitrogens with one attached hydrogen (secondary N) is 1. The molecule has 2 amide bonds. The maximum Gasteiger partial charge on any atom is 0.410 e. The zero-order valence-corrected chi connectivity index (χ0v) is 22.2. The summed E-state index contributed by atoms with van der Waals surface area (Å²) in [5.74, 6) is 0.891. The van der Waals surface area contributed by atoms with Gasteiger partial charge in [0.25, 0.3) is 0 Å². The Labute approximate surface area is 218 Å². The van der Waals surface area contributed by atoms with E-state index in [9.17, 15) is 9.59 Å². The largest absolute Gasteiger partial charge is 0.444 e. The van der Waals surface area contributed by atoms with E-state index in [2.05, 4.69) is 52.2 Å². The van der Waals surface area contributed by atoms with Crippen LogP contribution < -0.4 is 10.2 Å². The maximum atomic E-state index is 13.1. The summed E-state index contributed by atoms with van der Waals surface area (Å²) in [6, 6.07) is 16.4. The van der Waals surface area contributed by atoms with Gasteiger partial charge in [-0.1, -0.05) is 24.3 Å². The average molecular weight is 504 g/mol. The molecule has 2 saturated heterocycles. The van der Waals surface area contributed by atoms with Crippen molar-refractivity contribution in [2.75, 3.05) is 24.5 Å². The van der Waals surface area contributed by atoms with Gasteiger partial charge >= 0.3 is 6.09 Å². The monoisotopic (exact) mass is 503 g/mol. The summed E-state index contributed by atoms with van der Waals surface area (Å²) in [7, 11) is 2.06. The molecule has 1 aromatic heterocycles. The molecule has 1 N–H and O–H groups in total. The van der Waals surface area contributed by atoms with E-state index in [1.807, 2.05) is 39.0 Å². The van der Waals surface area contributed by atoms with Crippen molar-refractivity contribution >= 4 is 28.7 Å². The van der Waals surface area contributed by atoms with Gasteiger partial charge in [0.15, 0.2) is 0 Å². The van der Waals surface area contributed by atoms with Gasteiger partial charge in [-0.15, -0.1) is 0 Å². The van der Waals surface area contributed by atoms with Crippen LogP contribution in [0.15, 0.2) is 48.5 Å². The number of aromatic nitrogens is 2. The molecule has 3 aromatic rings. The van der Waals surface area contributed by atoms with Gasteiger partial charge in [-0.25, -0.2) is 9.78 Å². The van der Waals surface area contributed by atoms with Crippen LogP contribution >= 0.6 is 0 Å². The second-order valence-electron chi connectivity index (χ2n) is 11.1. The number of carbonyl (C=O) groups is 2. The highest BCUT2D eigenvalue weighted by Gasteiger charge is 2.37. The van der Waals surface area contributed by atoms with Crippen LogP contribution in [0, 0.1) is 0 Å². The number of para-hydroxylation sites is 2. The first kappa shape index (κ1) is 25.1. The van der Waals surface area contributed by atoms with Crippen molar-refractivity contribution in [3.8, 4) is 11.4 Å². The summed E-state index contributed by atoms with van der Waals surface area (Å²) in [6.45, 7) is 7.82. The molecule has 0 radical (unpaired) electrons. The summed E-state index contributed by atoms with van der Waals surface area (Å²) in [6.07, 6.45) is 2.82. The van der Waals surface area contributed by atoms with E-state index in [-0.39, 0.29) is 11.9 Å². The number of imidazole rings is 1. The summed E-state index contributed by atoms with van der Waals surface area (Å²) < 4.78 is 7.65. The highest BCUT2D eigenvalue weighted by molar-refractivity contribution is 5.86. The van der Waals surface area contributed by atoms with Crippen molar-refractivity contribution in [3.05, 3.63) is 48.5 Å². The minimum absolute atomic E-state index is 0.0642. The zero-order valence-electron chi connectivity index (χ0n) is 22.2. The molecule has 8 heteroatoms. The fourth-order valence-electron chi connectivity index (χ4n) is 5.40. The Morgan fingerprint density at radius 3 is 2.49 bits per heavy atom. The Kier molecular flexibility index (Phi) is 6.84. The van der Waals surface area contributed by atoms with Crippen LogP contribution in [0.5, 0.6) is 0 Å². The van der Waals surface area contributed by atoms with Crippen LogP contribution in [0.1, 0.15) is 46.5 Å². The number of piperidine rings is 1. The lowest BCUT2D eigenvalue weighted by Gasteiger charge is -2.35. The predicted molar refractivity (Wildman–Crippen MR) is 145 cm³/mol. The fraction of sp³-hybridized carbons (Fsp3) is 0.483. The highest BCUT2D eigenvalue weighted by atomic mass is 16.6. The molecule has 0 saturated carbocycles. The molecule has 8 nitrogen and oxygen atoms in total.